The summed E-state index contributed by atoms with van der Waals surface area (Å²) >= 11 is 0. The van der Waals surface area contributed by atoms with Crippen LogP contribution in [0.1, 0.15) is 26.2 Å². The third-order valence-corrected chi connectivity index (χ3v) is 1.50. The number of aliphatic imine (C=N–C) groups is 1. The molecule has 0 heterocycles. The van der Waals surface area contributed by atoms with E-state index in [0.29, 0.717) is 5.96 Å². The molecule has 0 amide bonds. The lowest BCUT2D eigenvalue weighted by Crippen LogP contribution is -2.36. The van der Waals surface area contributed by atoms with Gasteiger partial charge in [-0.1, -0.05) is 19.8 Å². The number of nitrogens with one attached hydrogen (secondary N) is 2. The zero-order valence-corrected chi connectivity index (χ0v) is 8.18. The van der Waals surface area contributed by atoms with E-state index in [2.05, 4.69) is 22.7 Å². The van der Waals surface area contributed by atoms with E-state index < -0.39 is 0 Å². The van der Waals surface area contributed by atoms with Crippen molar-refractivity contribution < 1.29 is 4.84 Å². The van der Waals surface area contributed by atoms with E-state index in [-0.39, 0.29) is 0 Å². The fraction of sp³-hybridized carbons (Fsp3) is 0.875. The summed E-state index contributed by atoms with van der Waals surface area (Å²) in [6.07, 6.45) is 3.65. The van der Waals surface area contributed by atoms with Crippen molar-refractivity contribution in [1.82, 2.24) is 10.8 Å². The van der Waals surface area contributed by atoms with Crippen molar-refractivity contribution in [1.29, 1.82) is 0 Å². The molecular weight excluding hydrogens is 154 g/mol. The molecule has 0 saturated carbocycles. The van der Waals surface area contributed by atoms with Crippen LogP contribution in [0.25, 0.3) is 0 Å². The minimum Gasteiger partial charge on any atom is -0.355 e. The summed E-state index contributed by atoms with van der Waals surface area (Å²) in [6, 6.07) is 0. The third-order valence-electron chi connectivity index (χ3n) is 1.50. The van der Waals surface area contributed by atoms with Crippen LogP contribution in [0.2, 0.25) is 0 Å². The predicted octanol–water partition coefficient (Wildman–Crippen LogP) is 0.903. The van der Waals surface area contributed by atoms with Crippen LogP contribution in [0.3, 0.4) is 0 Å². The summed E-state index contributed by atoms with van der Waals surface area (Å²) in [5, 5.41) is 3.12. The largest absolute Gasteiger partial charge is 0.355 e. The highest BCUT2D eigenvalue weighted by molar-refractivity contribution is 5.78. The average molecular weight is 173 g/mol. The number of unbranched alkanes of at least 4 members (excludes halogenated alkanes) is 2. The minimum absolute atomic E-state index is 0.689. The highest BCUT2D eigenvalue weighted by Crippen LogP contribution is 1.90. The number of rotatable bonds is 5. The van der Waals surface area contributed by atoms with Crippen LogP contribution in [0, 0.1) is 0 Å². The first-order chi connectivity index (χ1) is 5.85. The zero-order chi connectivity index (χ0) is 9.23. The van der Waals surface area contributed by atoms with E-state index in [0.717, 1.165) is 6.54 Å². The molecule has 0 saturated heterocycles. The summed E-state index contributed by atoms with van der Waals surface area (Å²) in [7, 11) is 3.28. The summed E-state index contributed by atoms with van der Waals surface area (Å²) in [5.74, 6) is 0.689. The first-order valence-electron chi connectivity index (χ1n) is 4.34. The Hall–Kier alpha value is -0.770. The first kappa shape index (κ1) is 11.2. The molecule has 72 valence electrons. The fourth-order valence-electron chi connectivity index (χ4n) is 0.839. The molecule has 0 aromatic heterocycles. The molecule has 0 fully saturated rings. The summed E-state index contributed by atoms with van der Waals surface area (Å²) < 4.78 is 0. The summed E-state index contributed by atoms with van der Waals surface area (Å²) in [4.78, 5) is 8.65. The molecule has 4 nitrogen and oxygen atoms in total. The molecule has 2 N–H and O–H groups in total. The van der Waals surface area contributed by atoms with Crippen LogP contribution >= 0.6 is 0 Å². The van der Waals surface area contributed by atoms with Crippen LogP contribution in [0.4, 0.5) is 0 Å². The number of hydrogen-bond acceptors (Lipinski definition) is 2. The van der Waals surface area contributed by atoms with Gasteiger partial charge in [0.15, 0.2) is 0 Å². The molecule has 12 heavy (non-hydrogen) atoms. The number of guanidine groups is 1. The topological polar surface area (TPSA) is 45.7 Å². The lowest BCUT2D eigenvalue weighted by Gasteiger charge is -2.08. The SMILES string of the molecule is CCCCCNC(=NC)NOC. The Morgan fingerprint density at radius 2 is 2.17 bits per heavy atom. The molecule has 0 aromatic carbocycles. The van der Waals surface area contributed by atoms with Crippen molar-refractivity contribution in [2.24, 2.45) is 4.99 Å². The second-order valence-electron chi connectivity index (χ2n) is 2.51. The van der Waals surface area contributed by atoms with Crippen LogP contribution in [0.5, 0.6) is 0 Å². The Bertz CT molecular complexity index is 125. The molecule has 4 heteroatoms. The molecule has 0 aromatic rings. The maximum Gasteiger partial charge on any atom is 0.215 e. The number of hydroxylamine groups is 1. The molecular formula is C8H19N3O. The summed E-state index contributed by atoms with van der Waals surface area (Å²) in [6.45, 7) is 3.12. The highest BCUT2D eigenvalue weighted by Gasteiger charge is 1.93. The Morgan fingerprint density at radius 1 is 1.42 bits per heavy atom. The molecule has 0 radical (unpaired) electrons. The molecule has 0 spiro atoms. The van der Waals surface area contributed by atoms with Crippen LogP contribution in [-0.4, -0.2) is 26.7 Å². The van der Waals surface area contributed by atoms with Gasteiger partial charge in [0.25, 0.3) is 0 Å². The first-order valence-corrected chi connectivity index (χ1v) is 4.34. The van der Waals surface area contributed by atoms with Crippen molar-refractivity contribution in [3.8, 4) is 0 Å². The smallest absolute Gasteiger partial charge is 0.215 e. The van der Waals surface area contributed by atoms with Crippen molar-refractivity contribution in [2.75, 3.05) is 20.7 Å². The third kappa shape index (κ3) is 5.97. The predicted molar refractivity (Wildman–Crippen MR) is 51.0 cm³/mol. The molecule has 0 aliphatic rings. The normalized spacial score (nSPS) is 11.4. The second-order valence-corrected chi connectivity index (χ2v) is 2.51. The van der Waals surface area contributed by atoms with Gasteiger partial charge >= 0.3 is 0 Å². The van der Waals surface area contributed by atoms with E-state index in [4.69, 9.17) is 4.84 Å². The molecule has 0 rings (SSSR count). The lowest BCUT2D eigenvalue weighted by atomic mass is 10.2. The van der Waals surface area contributed by atoms with Gasteiger partial charge in [-0.05, 0) is 6.42 Å². The Morgan fingerprint density at radius 3 is 2.67 bits per heavy atom. The molecule has 0 atom stereocenters. The summed E-state index contributed by atoms with van der Waals surface area (Å²) in [5.41, 5.74) is 2.65. The maximum absolute atomic E-state index is 4.71. The minimum atomic E-state index is 0.689. The Labute approximate surface area is 74.4 Å². The maximum atomic E-state index is 4.71. The number of hydrogen-bond donors (Lipinski definition) is 2. The van der Waals surface area contributed by atoms with Crippen molar-refractivity contribution in [2.45, 2.75) is 26.2 Å². The standard InChI is InChI=1S/C8H19N3O/c1-4-5-6-7-10-8(9-2)11-12-3/h4-7H2,1-3H3,(H2,9,10,11). The molecule has 0 aliphatic carbocycles. The second kappa shape index (κ2) is 8.33. The van der Waals surface area contributed by atoms with Crippen molar-refractivity contribution in [3.63, 3.8) is 0 Å². The van der Waals surface area contributed by atoms with Gasteiger partial charge in [0.1, 0.15) is 0 Å². The van der Waals surface area contributed by atoms with E-state index in [1.54, 1.807) is 14.2 Å². The van der Waals surface area contributed by atoms with Gasteiger partial charge in [0.05, 0.1) is 7.11 Å². The van der Waals surface area contributed by atoms with E-state index in [9.17, 15) is 0 Å². The van der Waals surface area contributed by atoms with Gasteiger partial charge in [-0.3, -0.25) is 9.83 Å². The van der Waals surface area contributed by atoms with Crippen LogP contribution in [0.15, 0.2) is 4.99 Å². The lowest BCUT2D eigenvalue weighted by molar-refractivity contribution is 0.141. The zero-order valence-electron chi connectivity index (χ0n) is 8.18. The van der Waals surface area contributed by atoms with Crippen LogP contribution < -0.4 is 10.8 Å². The molecule has 0 bridgehead atoms. The van der Waals surface area contributed by atoms with Crippen molar-refractivity contribution >= 4 is 5.96 Å². The van der Waals surface area contributed by atoms with E-state index in [1.807, 2.05) is 0 Å². The molecule has 0 aliphatic heterocycles. The Balaban J connectivity index is 3.33. The van der Waals surface area contributed by atoms with Crippen molar-refractivity contribution in [3.05, 3.63) is 0 Å². The number of nitrogens with zero attached hydrogens (tertiary/aromatic N) is 1. The van der Waals surface area contributed by atoms with Crippen LogP contribution in [-0.2, 0) is 4.84 Å². The Kier molecular flexibility index (Phi) is 7.79. The van der Waals surface area contributed by atoms with Gasteiger partial charge in [0.2, 0.25) is 5.96 Å². The van der Waals surface area contributed by atoms with Gasteiger partial charge in [0, 0.05) is 13.6 Å². The quantitative estimate of drug-likeness (QED) is 0.281. The van der Waals surface area contributed by atoms with Gasteiger partial charge < -0.3 is 5.32 Å². The van der Waals surface area contributed by atoms with Gasteiger partial charge in [-0.2, -0.15) is 0 Å². The van der Waals surface area contributed by atoms with Gasteiger partial charge in [-0.15, -0.1) is 0 Å². The van der Waals surface area contributed by atoms with E-state index in [1.165, 1.54) is 19.3 Å². The fourth-order valence-corrected chi connectivity index (χ4v) is 0.839. The monoisotopic (exact) mass is 173 g/mol. The van der Waals surface area contributed by atoms with Gasteiger partial charge in [-0.25, -0.2) is 5.48 Å². The molecule has 0 unspecified atom stereocenters. The highest BCUT2D eigenvalue weighted by atomic mass is 16.6. The average Bonchev–Trinajstić information content (AvgIpc) is 2.10. The van der Waals surface area contributed by atoms with E-state index >= 15 is 0 Å².